The van der Waals surface area contributed by atoms with Crippen molar-refractivity contribution < 1.29 is 9.47 Å². The molecule has 0 spiro atoms. The van der Waals surface area contributed by atoms with E-state index in [1.165, 1.54) is 0 Å². The first-order valence-electron chi connectivity index (χ1n) is 7.59. The fourth-order valence-corrected chi connectivity index (χ4v) is 2.46. The number of nitrogens with zero attached hydrogens (tertiary/aromatic N) is 3. The highest BCUT2D eigenvalue weighted by atomic mass is 16.5. The number of anilines is 1. The van der Waals surface area contributed by atoms with Crippen molar-refractivity contribution in [1.82, 2.24) is 9.97 Å². The Morgan fingerprint density at radius 3 is 2.74 bits per heavy atom. The smallest absolute Gasteiger partial charge is 0.227 e. The molecular weight excluding hydrogens is 290 g/mol. The van der Waals surface area contributed by atoms with Gasteiger partial charge in [-0.05, 0) is 31.0 Å². The first-order valence-corrected chi connectivity index (χ1v) is 7.59. The predicted molar refractivity (Wildman–Crippen MR) is 89.6 cm³/mol. The number of ether oxygens (including phenoxy) is 2. The van der Waals surface area contributed by atoms with E-state index in [-0.39, 0.29) is 0 Å². The van der Waals surface area contributed by atoms with Crippen LogP contribution in [0.25, 0.3) is 11.3 Å². The largest absolute Gasteiger partial charge is 0.497 e. The fraction of sp³-hybridized carbons (Fsp3) is 0.333. The van der Waals surface area contributed by atoms with Crippen LogP contribution in [0.1, 0.15) is 12.6 Å². The first kappa shape index (κ1) is 15.3. The third-order valence-corrected chi connectivity index (χ3v) is 3.63. The Morgan fingerprint density at radius 2 is 2.00 bits per heavy atom. The number of hydrogen-bond donors (Lipinski definition) is 0. The summed E-state index contributed by atoms with van der Waals surface area (Å²) in [5, 5.41) is 0. The van der Waals surface area contributed by atoms with Gasteiger partial charge in [0, 0.05) is 18.7 Å². The Hall–Kier alpha value is -2.58. The number of hydrogen-bond acceptors (Lipinski definition) is 5. The Balaban J connectivity index is 2.03. The molecule has 1 saturated heterocycles. The average Bonchev–Trinajstić information content (AvgIpc) is 2.62. The van der Waals surface area contributed by atoms with E-state index in [0.29, 0.717) is 19.2 Å². The second-order valence-corrected chi connectivity index (χ2v) is 5.14. The van der Waals surface area contributed by atoms with E-state index in [1.54, 1.807) is 7.11 Å². The zero-order chi connectivity index (χ0) is 16.1. The summed E-state index contributed by atoms with van der Waals surface area (Å²) in [6.45, 7) is 4.78. The summed E-state index contributed by atoms with van der Waals surface area (Å²) < 4.78 is 10.7. The zero-order valence-electron chi connectivity index (χ0n) is 13.4. The molecule has 118 valence electrons. The minimum absolute atomic E-state index is 0.696. The first-order chi connectivity index (χ1) is 11.3. The zero-order valence-corrected chi connectivity index (χ0v) is 13.4. The van der Waals surface area contributed by atoms with Crippen LogP contribution in [0, 0.1) is 11.8 Å². The molecule has 0 unspecified atom stereocenters. The molecule has 0 amide bonds. The van der Waals surface area contributed by atoms with Crippen LogP contribution in [0.4, 0.5) is 5.95 Å². The topological polar surface area (TPSA) is 47.5 Å². The summed E-state index contributed by atoms with van der Waals surface area (Å²) in [6.07, 6.45) is 0. The molecule has 0 aliphatic carbocycles. The van der Waals surface area contributed by atoms with E-state index in [2.05, 4.69) is 21.7 Å². The number of methoxy groups -OCH3 is 1. The number of morpholine rings is 1. The molecule has 1 aliphatic heterocycles. The fourth-order valence-electron chi connectivity index (χ4n) is 2.46. The van der Waals surface area contributed by atoms with Crippen molar-refractivity contribution >= 4 is 5.95 Å². The van der Waals surface area contributed by atoms with Crippen molar-refractivity contribution in [1.29, 1.82) is 0 Å². The highest BCUT2D eigenvalue weighted by Crippen LogP contribution is 2.24. The third kappa shape index (κ3) is 3.61. The van der Waals surface area contributed by atoms with Crippen LogP contribution in [-0.4, -0.2) is 43.4 Å². The van der Waals surface area contributed by atoms with Gasteiger partial charge >= 0.3 is 0 Å². The molecule has 2 heterocycles. The van der Waals surface area contributed by atoms with Gasteiger partial charge < -0.3 is 14.4 Å². The maximum Gasteiger partial charge on any atom is 0.227 e. The van der Waals surface area contributed by atoms with E-state index < -0.39 is 0 Å². The summed E-state index contributed by atoms with van der Waals surface area (Å²) in [4.78, 5) is 11.4. The van der Waals surface area contributed by atoms with Crippen LogP contribution >= 0.6 is 0 Å². The summed E-state index contributed by atoms with van der Waals surface area (Å²) in [6, 6.07) is 9.76. The molecule has 0 saturated carbocycles. The van der Waals surface area contributed by atoms with Crippen LogP contribution < -0.4 is 9.64 Å². The van der Waals surface area contributed by atoms with Gasteiger partial charge in [0.25, 0.3) is 0 Å². The lowest BCUT2D eigenvalue weighted by Gasteiger charge is -2.27. The van der Waals surface area contributed by atoms with Crippen LogP contribution in [-0.2, 0) is 4.74 Å². The average molecular weight is 309 g/mol. The van der Waals surface area contributed by atoms with E-state index >= 15 is 0 Å². The van der Waals surface area contributed by atoms with Gasteiger partial charge in [-0.1, -0.05) is 18.1 Å². The standard InChI is InChI=1S/C18H19N3O2/c1-3-5-15-13-17(14-6-4-7-16(12-14)22-2)20-18(19-15)21-8-10-23-11-9-21/h4,6-7,12-13H,8-11H2,1-2H3. The Labute approximate surface area is 136 Å². The van der Waals surface area contributed by atoms with Crippen molar-refractivity contribution in [2.75, 3.05) is 38.3 Å². The van der Waals surface area contributed by atoms with Crippen molar-refractivity contribution in [2.45, 2.75) is 6.92 Å². The highest BCUT2D eigenvalue weighted by molar-refractivity contribution is 5.64. The SMILES string of the molecule is CC#Cc1cc(-c2cccc(OC)c2)nc(N2CCOCC2)n1. The van der Waals surface area contributed by atoms with Crippen LogP contribution in [0.5, 0.6) is 5.75 Å². The molecule has 1 aromatic heterocycles. The predicted octanol–water partition coefficient (Wildman–Crippen LogP) is 2.36. The summed E-state index contributed by atoms with van der Waals surface area (Å²) in [7, 11) is 1.66. The number of aromatic nitrogens is 2. The maximum absolute atomic E-state index is 5.40. The lowest BCUT2D eigenvalue weighted by Crippen LogP contribution is -2.37. The van der Waals surface area contributed by atoms with Gasteiger partial charge in [-0.3, -0.25) is 0 Å². The molecule has 0 atom stereocenters. The molecule has 0 N–H and O–H groups in total. The number of benzene rings is 1. The Morgan fingerprint density at radius 1 is 1.17 bits per heavy atom. The van der Waals surface area contributed by atoms with Crippen molar-refractivity contribution in [3.05, 3.63) is 36.0 Å². The van der Waals surface area contributed by atoms with Gasteiger partial charge in [-0.25, -0.2) is 9.97 Å². The van der Waals surface area contributed by atoms with Crippen LogP contribution in [0.3, 0.4) is 0 Å². The summed E-state index contributed by atoms with van der Waals surface area (Å²) >= 11 is 0. The molecule has 3 rings (SSSR count). The van der Waals surface area contributed by atoms with Gasteiger partial charge in [-0.15, -0.1) is 0 Å². The second kappa shape index (κ2) is 7.12. The molecular formula is C18H19N3O2. The molecule has 2 aromatic rings. The van der Waals surface area contributed by atoms with Gasteiger partial charge in [0.15, 0.2) is 0 Å². The molecule has 1 fully saturated rings. The third-order valence-electron chi connectivity index (χ3n) is 3.63. The van der Waals surface area contributed by atoms with E-state index in [1.807, 2.05) is 37.3 Å². The molecule has 23 heavy (non-hydrogen) atoms. The van der Waals surface area contributed by atoms with Gasteiger partial charge in [-0.2, -0.15) is 0 Å². The second-order valence-electron chi connectivity index (χ2n) is 5.14. The van der Waals surface area contributed by atoms with E-state index in [4.69, 9.17) is 14.5 Å². The van der Waals surface area contributed by atoms with Crippen LogP contribution in [0.15, 0.2) is 30.3 Å². The van der Waals surface area contributed by atoms with Crippen molar-refractivity contribution in [3.63, 3.8) is 0 Å². The molecule has 1 aliphatic rings. The number of rotatable bonds is 3. The highest BCUT2D eigenvalue weighted by Gasteiger charge is 2.16. The van der Waals surface area contributed by atoms with Crippen molar-refractivity contribution in [2.24, 2.45) is 0 Å². The Kier molecular flexibility index (Phi) is 4.74. The molecule has 5 heteroatoms. The minimum Gasteiger partial charge on any atom is -0.497 e. The lowest BCUT2D eigenvalue weighted by atomic mass is 10.1. The van der Waals surface area contributed by atoms with E-state index in [0.717, 1.165) is 35.8 Å². The molecule has 0 bridgehead atoms. The normalized spacial score (nSPS) is 14.1. The summed E-state index contributed by atoms with van der Waals surface area (Å²) in [5.41, 5.74) is 2.56. The quantitative estimate of drug-likeness (QED) is 0.815. The Bertz CT molecular complexity index is 743. The van der Waals surface area contributed by atoms with Gasteiger partial charge in [0.05, 0.1) is 26.0 Å². The molecule has 5 nitrogen and oxygen atoms in total. The monoisotopic (exact) mass is 309 g/mol. The molecule has 1 aromatic carbocycles. The van der Waals surface area contributed by atoms with E-state index in [9.17, 15) is 0 Å². The maximum atomic E-state index is 5.40. The minimum atomic E-state index is 0.696. The van der Waals surface area contributed by atoms with Gasteiger partial charge in [0.2, 0.25) is 5.95 Å². The molecule has 0 radical (unpaired) electrons. The lowest BCUT2D eigenvalue weighted by molar-refractivity contribution is 0.122. The summed E-state index contributed by atoms with van der Waals surface area (Å²) in [5.74, 6) is 7.45. The van der Waals surface area contributed by atoms with Gasteiger partial charge in [0.1, 0.15) is 11.4 Å². The van der Waals surface area contributed by atoms with Crippen molar-refractivity contribution in [3.8, 4) is 28.8 Å². The van der Waals surface area contributed by atoms with Crippen LogP contribution in [0.2, 0.25) is 0 Å².